The predicted octanol–water partition coefficient (Wildman–Crippen LogP) is 1.29. The van der Waals surface area contributed by atoms with Crippen LogP contribution in [-0.2, 0) is 16.0 Å². The molecule has 136 valence electrons. The van der Waals surface area contributed by atoms with E-state index in [0.29, 0.717) is 38.7 Å². The van der Waals surface area contributed by atoms with E-state index in [-0.39, 0.29) is 29.8 Å². The van der Waals surface area contributed by atoms with Gasteiger partial charge in [0.05, 0.1) is 12.5 Å². The number of amides is 1. The third-order valence-electron chi connectivity index (χ3n) is 3.28. The fourth-order valence-electron chi connectivity index (χ4n) is 2.00. The number of benzene rings is 1. The molecule has 0 aliphatic rings. The van der Waals surface area contributed by atoms with Crippen LogP contribution in [0.15, 0.2) is 29.3 Å². The third-order valence-corrected chi connectivity index (χ3v) is 3.28. The highest BCUT2D eigenvalue weighted by molar-refractivity contribution is 14.0. The third kappa shape index (κ3) is 9.02. The fourth-order valence-corrected chi connectivity index (χ4v) is 2.00. The van der Waals surface area contributed by atoms with Crippen LogP contribution >= 0.6 is 24.0 Å². The van der Waals surface area contributed by atoms with E-state index in [0.717, 1.165) is 5.56 Å². The number of guanidine groups is 1. The van der Waals surface area contributed by atoms with Crippen LogP contribution in [0.1, 0.15) is 12.5 Å². The molecular weight excluding hydrogens is 426 g/mol. The van der Waals surface area contributed by atoms with E-state index in [4.69, 9.17) is 10.5 Å². The van der Waals surface area contributed by atoms with Crippen molar-refractivity contribution in [3.63, 3.8) is 0 Å². The van der Waals surface area contributed by atoms with Gasteiger partial charge in [0.15, 0.2) is 5.96 Å². The number of rotatable bonds is 9. The molecule has 1 aromatic rings. The maximum atomic E-state index is 12.9. The molecule has 0 fully saturated rings. The summed E-state index contributed by atoms with van der Waals surface area (Å²) >= 11 is 0. The van der Waals surface area contributed by atoms with Gasteiger partial charge in [-0.05, 0) is 31.0 Å². The fraction of sp³-hybridized carbons (Fsp3) is 0.500. The summed E-state index contributed by atoms with van der Waals surface area (Å²) < 4.78 is 18.1. The summed E-state index contributed by atoms with van der Waals surface area (Å²) in [6, 6.07) is 6.05. The lowest BCUT2D eigenvalue weighted by molar-refractivity contribution is -0.121. The minimum absolute atomic E-state index is 0. The standard InChI is InChI=1S/C16H25FN4O2.HI/c1-3-23-9-8-20-16(19-2)21-11-13(15(18)22)10-12-4-6-14(17)7-5-12;/h4-7,13H,3,8-11H2,1-2H3,(H2,18,22)(H2,19,20,21);1H. The van der Waals surface area contributed by atoms with Gasteiger partial charge < -0.3 is 21.1 Å². The lowest BCUT2D eigenvalue weighted by atomic mass is 9.98. The predicted molar refractivity (Wildman–Crippen MR) is 104 cm³/mol. The topological polar surface area (TPSA) is 88.7 Å². The number of primary amides is 1. The molecule has 6 nitrogen and oxygen atoms in total. The SMILES string of the molecule is CCOCCNC(=NC)NCC(Cc1ccc(F)cc1)C(N)=O.I. The van der Waals surface area contributed by atoms with Crippen LogP contribution in [0.4, 0.5) is 4.39 Å². The molecule has 0 saturated carbocycles. The van der Waals surface area contributed by atoms with Crippen molar-refractivity contribution < 1.29 is 13.9 Å². The van der Waals surface area contributed by atoms with Crippen molar-refractivity contribution in [1.29, 1.82) is 0 Å². The van der Waals surface area contributed by atoms with Crippen LogP contribution in [-0.4, -0.2) is 45.2 Å². The molecule has 0 saturated heterocycles. The van der Waals surface area contributed by atoms with Crippen molar-refractivity contribution >= 4 is 35.8 Å². The van der Waals surface area contributed by atoms with Crippen molar-refractivity contribution in [2.75, 3.05) is 33.4 Å². The first kappa shape index (κ1) is 22.6. The van der Waals surface area contributed by atoms with Crippen LogP contribution in [0.2, 0.25) is 0 Å². The highest BCUT2D eigenvalue weighted by Gasteiger charge is 2.16. The van der Waals surface area contributed by atoms with E-state index in [9.17, 15) is 9.18 Å². The second-order valence-corrected chi connectivity index (χ2v) is 5.01. The number of halogens is 2. The number of aliphatic imine (C=N–C) groups is 1. The van der Waals surface area contributed by atoms with Crippen molar-refractivity contribution in [1.82, 2.24) is 10.6 Å². The maximum Gasteiger partial charge on any atom is 0.222 e. The van der Waals surface area contributed by atoms with Gasteiger partial charge in [0.2, 0.25) is 5.91 Å². The summed E-state index contributed by atoms with van der Waals surface area (Å²) in [6.07, 6.45) is 0.443. The molecular formula is C16H26FIN4O2. The van der Waals surface area contributed by atoms with E-state index in [1.165, 1.54) is 12.1 Å². The van der Waals surface area contributed by atoms with Crippen LogP contribution in [0.25, 0.3) is 0 Å². The zero-order valence-electron chi connectivity index (χ0n) is 14.0. The van der Waals surface area contributed by atoms with Crippen LogP contribution in [0, 0.1) is 11.7 Å². The van der Waals surface area contributed by atoms with E-state index >= 15 is 0 Å². The number of nitrogens with two attached hydrogens (primary N) is 1. The summed E-state index contributed by atoms with van der Waals surface area (Å²) in [5.74, 6) is -0.547. The summed E-state index contributed by atoms with van der Waals surface area (Å²) in [5, 5.41) is 6.15. The quantitative estimate of drug-likeness (QED) is 0.228. The molecule has 0 aromatic heterocycles. The Bertz CT molecular complexity index is 511. The Morgan fingerprint density at radius 1 is 1.33 bits per heavy atom. The number of nitrogens with zero attached hydrogens (tertiary/aromatic N) is 1. The average Bonchev–Trinajstić information content (AvgIpc) is 2.54. The monoisotopic (exact) mass is 452 g/mol. The van der Waals surface area contributed by atoms with Crippen molar-refractivity contribution in [3.8, 4) is 0 Å². The molecule has 0 radical (unpaired) electrons. The smallest absolute Gasteiger partial charge is 0.222 e. The Morgan fingerprint density at radius 2 is 2.00 bits per heavy atom. The summed E-state index contributed by atoms with van der Waals surface area (Å²) in [6.45, 7) is 4.13. The first-order valence-corrected chi connectivity index (χ1v) is 7.62. The molecule has 0 spiro atoms. The minimum Gasteiger partial charge on any atom is -0.380 e. The average molecular weight is 452 g/mol. The molecule has 1 aromatic carbocycles. The Morgan fingerprint density at radius 3 is 2.54 bits per heavy atom. The molecule has 8 heteroatoms. The van der Waals surface area contributed by atoms with E-state index < -0.39 is 11.8 Å². The van der Waals surface area contributed by atoms with Gasteiger partial charge in [0.1, 0.15) is 5.82 Å². The van der Waals surface area contributed by atoms with Gasteiger partial charge in [-0.15, -0.1) is 24.0 Å². The van der Waals surface area contributed by atoms with Crippen LogP contribution in [0.3, 0.4) is 0 Å². The molecule has 0 bridgehead atoms. The second kappa shape index (κ2) is 12.9. The van der Waals surface area contributed by atoms with E-state index in [1.54, 1.807) is 19.2 Å². The van der Waals surface area contributed by atoms with Gasteiger partial charge in [-0.25, -0.2) is 4.39 Å². The summed E-state index contributed by atoms with van der Waals surface area (Å²) in [4.78, 5) is 15.7. The van der Waals surface area contributed by atoms with Gasteiger partial charge >= 0.3 is 0 Å². The van der Waals surface area contributed by atoms with E-state index in [2.05, 4.69) is 15.6 Å². The Balaban J connectivity index is 0.00000529. The molecule has 24 heavy (non-hydrogen) atoms. The van der Waals surface area contributed by atoms with Crippen molar-refractivity contribution in [2.45, 2.75) is 13.3 Å². The largest absolute Gasteiger partial charge is 0.380 e. The maximum absolute atomic E-state index is 12.9. The Hall–Kier alpha value is -1.42. The van der Waals surface area contributed by atoms with Crippen molar-refractivity contribution in [3.05, 3.63) is 35.6 Å². The molecule has 4 N–H and O–H groups in total. The molecule has 0 heterocycles. The normalized spacial score (nSPS) is 12.2. The van der Waals surface area contributed by atoms with Gasteiger partial charge in [-0.3, -0.25) is 9.79 Å². The molecule has 1 unspecified atom stereocenters. The van der Waals surface area contributed by atoms with E-state index in [1.807, 2.05) is 6.92 Å². The van der Waals surface area contributed by atoms with Crippen LogP contribution < -0.4 is 16.4 Å². The highest BCUT2D eigenvalue weighted by atomic mass is 127. The van der Waals surface area contributed by atoms with Gasteiger partial charge in [-0.1, -0.05) is 12.1 Å². The van der Waals surface area contributed by atoms with Gasteiger partial charge in [0, 0.05) is 26.7 Å². The number of nitrogens with one attached hydrogen (secondary N) is 2. The first-order chi connectivity index (χ1) is 11.1. The molecule has 1 amide bonds. The number of ether oxygens (including phenoxy) is 1. The highest BCUT2D eigenvalue weighted by Crippen LogP contribution is 2.09. The zero-order valence-corrected chi connectivity index (χ0v) is 16.4. The summed E-state index contributed by atoms with van der Waals surface area (Å²) in [5.41, 5.74) is 6.31. The molecule has 1 rings (SSSR count). The summed E-state index contributed by atoms with van der Waals surface area (Å²) in [7, 11) is 1.65. The lowest BCUT2D eigenvalue weighted by Gasteiger charge is -2.17. The van der Waals surface area contributed by atoms with Gasteiger partial charge in [0.25, 0.3) is 0 Å². The molecule has 1 atom stereocenters. The molecule has 0 aliphatic carbocycles. The van der Waals surface area contributed by atoms with Crippen LogP contribution in [0.5, 0.6) is 0 Å². The molecule has 0 aliphatic heterocycles. The Kier molecular flexibility index (Phi) is 12.2. The number of carbonyl (C=O) groups is 1. The van der Waals surface area contributed by atoms with Crippen molar-refractivity contribution in [2.24, 2.45) is 16.6 Å². The Labute approximate surface area is 159 Å². The van der Waals surface area contributed by atoms with Gasteiger partial charge in [-0.2, -0.15) is 0 Å². The number of hydrogen-bond donors (Lipinski definition) is 3. The number of hydrogen-bond acceptors (Lipinski definition) is 3. The minimum atomic E-state index is -0.411. The number of carbonyl (C=O) groups excluding carboxylic acids is 1. The zero-order chi connectivity index (χ0) is 17.1. The first-order valence-electron chi connectivity index (χ1n) is 7.62. The lowest BCUT2D eigenvalue weighted by Crippen LogP contribution is -2.44. The second-order valence-electron chi connectivity index (χ2n) is 5.01.